The van der Waals surface area contributed by atoms with Crippen LogP contribution in [0.3, 0.4) is 0 Å². The van der Waals surface area contributed by atoms with Crippen LogP contribution < -0.4 is 15.3 Å². The number of nitrogens with zero attached hydrogens (tertiary/aromatic N) is 5. The van der Waals surface area contributed by atoms with Gasteiger partial charge >= 0.3 is 5.69 Å². The lowest BCUT2D eigenvalue weighted by molar-refractivity contribution is 0.0305. The Morgan fingerprint density at radius 2 is 1.76 bits per heavy atom. The van der Waals surface area contributed by atoms with Gasteiger partial charge in [-0.2, -0.15) is 9.78 Å². The first-order valence-corrected chi connectivity index (χ1v) is 10.6. The van der Waals surface area contributed by atoms with E-state index in [1.807, 2.05) is 4.90 Å². The molecule has 0 atom stereocenters. The van der Waals surface area contributed by atoms with E-state index in [1.54, 1.807) is 49.5 Å². The fourth-order valence-electron chi connectivity index (χ4n) is 3.84. The van der Waals surface area contributed by atoms with E-state index in [0.717, 1.165) is 21.4 Å². The second-order valence-electron chi connectivity index (χ2n) is 8.45. The van der Waals surface area contributed by atoms with E-state index in [4.69, 9.17) is 4.74 Å². The minimum atomic E-state index is -0.722. The Bertz CT molecular complexity index is 1370. The zero-order valence-electron chi connectivity index (χ0n) is 18.2. The number of hydrogen-bond acceptors (Lipinski definition) is 6. The Morgan fingerprint density at radius 1 is 1.06 bits per heavy atom. The van der Waals surface area contributed by atoms with Crippen LogP contribution in [0, 0.1) is 11.6 Å². The highest BCUT2D eigenvalue weighted by atomic mass is 19.1. The molecule has 2 aromatic heterocycles. The van der Waals surface area contributed by atoms with Gasteiger partial charge in [0, 0.05) is 30.9 Å². The topological polar surface area (TPSA) is 85.4 Å². The molecule has 0 aliphatic carbocycles. The SMILES string of the molecule is CC1(O)CN(c2cc(Oc3ccc(-n4ncn(Cc5c(F)cccc5F)c4=O)cc3)ccn2)C1. The average Bonchev–Trinajstić information content (AvgIpc) is 3.15. The molecule has 0 spiro atoms. The lowest BCUT2D eigenvalue weighted by Crippen LogP contribution is -2.60. The van der Waals surface area contributed by atoms with Crippen molar-refractivity contribution < 1.29 is 18.6 Å². The molecule has 34 heavy (non-hydrogen) atoms. The lowest BCUT2D eigenvalue weighted by Gasteiger charge is -2.44. The number of β-amino-alcohol motifs (C(OH)–C–C–N with tert-alkyl or cyclic N) is 1. The maximum absolute atomic E-state index is 13.9. The van der Waals surface area contributed by atoms with Crippen LogP contribution in [-0.4, -0.2) is 43.1 Å². The van der Waals surface area contributed by atoms with E-state index in [1.165, 1.54) is 12.4 Å². The van der Waals surface area contributed by atoms with Gasteiger partial charge in [-0.05, 0) is 49.4 Å². The Hall–Kier alpha value is -4.05. The van der Waals surface area contributed by atoms with Crippen molar-refractivity contribution >= 4 is 5.82 Å². The second kappa shape index (κ2) is 8.38. The van der Waals surface area contributed by atoms with Gasteiger partial charge in [0.05, 0.1) is 17.8 Å². The number of benzene rings is 2. The molecular formula is C24H21F2N5O3. The van der Waals surface area contributed by atoms with E-state index in [9.17, 15) is 18.7 Å². The summed E-state index contributed by atoms with van der Waals surface area (Å²) >= 11 is 0. The van der Waals surface area contributed by atoms with E-state index in [-0.39, 0.29) is 12.1 Å². The van der Waals surface area contributed by atoms with E-state index in [2.05, 4.69) is 10.1 Å². The van der Waals surface area contributed by atoms with Crippen molar-refractivity contribution in [2.45, 2.75) is 19.1 Å². The molecule has 0 bridgehead atoms. The molecule has 0 radical (unpaired) electrons. The largest absolute Gasteiger partial charge is 0.457 e. The number of halogens is 2. The quantitative estimate of drug-likeness (QED) is 0.471. The van der Waals surface area contributed by atoms with Gasteiger partial charge in [0.1, 0.15) is 35.3 Å². The second-order valence-corrected chi connectivity index (χ2v) is 8.45. The van der Waals surface area contributed by atoms with E-state index in [0.29, 0.717) is 36.1 Å². The molecule has 174 valence electrons. The zero-order chi connectivity index (χ0) is 23.9. The monoisotopic (exact) mass is 465 g/mol. The molecule has 0 amide bonds. The van der Waals surface area contributed by atoms with Gasteiger partial charge in [0.2, 0.25) is 0 Å². The van der Waals surface area contributed by atoms with Crippen LogP contribution in [0.2, 0.25) is 0 Å². The molecule has 5 rings (SSSR count). The van der Waals surface area contributed by atoms with Crippen molar-refractivity contribution in [3.05, 3.63) is 94.8 Å². The molecule has 1 aliphatic rings. The van der Waals surface area contributed by atoms with Crippen LogP contribution in [0.4, 0.5) is 14.6 Å². The van der Waals surface area contributed by atoms with Crippen molar-refractivity contribution in [1.82, 2.24) is 19.3 Å². The number of ether oxygens (including phenoxy) is 1. The van der Waals surface area contributed by atoms with Crippen molar-refractivity contribution in [3.63, 3.8) is 0 Å². The fraction of sp³-hybridized carbons (Fsp3) is 0.208. The number of anilines is 1. The normalized spacial score (nSPS) is 14.6. The van der Waals surface area contributed by atoms with Crippen LogP contribution in [0.15, 0.2) is 71.9 Å². The number of hydrogen-bond donors (Lipinski definition) is 1. The van der Waals surface area contributed by atoms with Gasteiger partial charge in [-0.15, -0.1) is 0 Å². The third kappa shape index (κ3) is 4.27. The molecule has 1 aliphatic heterocycles. The molecular weight excluding hydrogens is 444 g/mol. The van der Waals surface area contributed by atoms with Crippen LogP contribution in [0.5, 0.6) is 11.5 Å². The molecule has 1 N–H and O–H groups in total. The maximum Gasteiger partial charge on any atom is 0.350 e. The summed E-state index contributed by atoms with van der Waals surface area (Å²) < 4.78 is 36.0. The van der Waals surface area contributed by atoms with Crippen molar-refractivity contribution in [2.75, 3.05) is 18.0 Å². The first kappa shape index (κ1) is 21.8. The average molecular weight is 465 g/mol. The minimum absolute atomic E-state index is 0.202. The zero-order valence-corrected chi connectivity index (χ0v) is 18.2. The van der Waals surface area contributed by atoms with E-state index < -0.39 is 22.9 Å². The van der Waals surface area contributed by atoms with Gasteiger partial charge in [0.25, 0.3) is 0 Å². The maximum atomic E-state index is 13.9. The van der Waals surface area contributed by atoms with Gasteiger partial charge in [-0.25, -0.2) is 18.6 Å². The Morgan fingerprint density at radius 3 is 2.44 bits per heavy atom. The van der Waals surface area contributed by atoms with Gasteiger partial charge in [-0.3, -0.25) is 4.57 Å². The Labute approximate surface area is 193 Å². The summed E-state index contributed by atoms with van der Waals surface area (Å²) in [7, 11) is 0. The predicted octanol–water partition coefficient (Wildman–Crippen LogP) is 3.12. The molecule has 4 aromatic rings. The van der Waals surface area contributed by atoms with Gasteiger partial charge in [0.15, 0.2) is 0 Å². The van der Waals surface area contributed by atoms with Crippen LogP contribution in [-0.2, 0) is 6.54 Å². The first-order chi connectivity index (χ1) is 16.3. The van der Waals surface area contributed by atoms with Crippen molar-refractivity contribution in [2.24, 2.45) is 0 Å². The fourth-order valence-corrected chi connectivity index (χ4v) is 3.84. The highest BCUT2D eigenvalue weighted by molar-refractivity contribution is 5.48. The summed E-state index contributed by atoms with van der Waals surface area (Å²) in [6, 6.07) is 13.8. The third-order valence-corrected chi connectivity index (χ3v) is 5.54. The molecule has 10 heteroatoms. The lowest BCUT2D eigenvalue weighted by atomic mass is 9.97. The molecule has 2 aromatic carbocycles. The molecule has 8 nitrogen and oxygen atoms in total. The molecule has 0 saturated carbocycles. The summed E-state index contributed by atoms with van der Waals surface area (Å²) in [5, 5.41) is 14.0. The molecule has 3 heterocycles. The standard InChI is InChI=1S/C24H21F2N5O3/c1-24(33)13-30(14-24)22-11-18(9-10-27-22)34-17-7-5-16(6-8-17)31-23(32)29(15-28-31)12-19-20(25)3-2-4-21(19)26/h2-11,15,33H,12-14H2,1H3. The summed E-state index contributed by atoms with van der Waals surface area (Å²) in [6.45, 7) is 2.51. The van der Waals surface area contributed by atoms with Crippen LogP contribution >= 0.6 is 0 Å². The highest BCUT2D eigenvalue weighted by Gasteiger charge is 2.37. The number of rotatable bonds is 6. The molecule has 1 fully saturated rings. The third-order valence-electron chi connectivity index (χ3n) is 5.54. The summed E-state index contributed by atoms with van der Waals surface area (Å²) in [5.74, 6) is 0.388. The molecule has 0 unspecified atom stereocenters. The molecule has 1 saturated heterocycles. The highest BCUT2D eigenvalue weighted by Crippen LogP contribution is 2.30. The Kier molecular flexibility index (Phi) is 5.37. The van der Waals surface area contributed by atoms with Crippen LogP contribution in [0.25, 0.3) is 5.69 Å². The first-order valence-electron chi connectivity index (χ1n) is 10.6. The summed E-state index contributed by atoms with van der Waals surface area (Å²) in [6.07, 6.45) is 2.88. The van der Waals surface area contributed by atoms with E-state index >= 15 is 0 Å². The Balaban J connectivity index is 1.30. The smallest absolute Gasteiger partial charge is 0.350 e. The van der Waals surface area contributed by atoms with Crippen molar-refractivity contribution in [1.29, 1.82) is 0 Å². The number of aliphatic hydroxyl groups is 1. The minimum Gasteiger partial charge on any atom is -0.457 e. The van der Waals surface area contributed by atoms with Gasteiger partial charge < -0.3 is 14.7 Å². The summed E-state index contributed by atoms with van der Waals surface area (Å²) in [5.41, 5.74) is -0.960. The van der Waals surface area contributed by atoms with Crippen molar-refractivity contribution in [3.8, 4) is 17.2 Å². The van der Waals surface area contributed by atoms with Gasteiger partial charge in [-0.1, -0.05) is 6.07 Å². The van der Waals surface area contributed by atoms with Crippen LogP contribution in [0.1, 0.15) is 12.5 Å². The number of pyridine rings is 1. The number of aromatic nitrogens is 4. The predicted molar refractivity (Wildman–Crippen MR) is 120 cm³/mol. The summed E-state index contributed by atoms with van der Waals surface area (Å²) in [4.78, 5) is 19.0.